The van der Waals surface area contributed by atoms with Gasteiger partial charge in [0.05, 0.1) is 23.4 Å². The van der Waals surface area contributed by atoms with Gasteiger partial charge in [0.25, 0.3) is 0 Å². The fraction of sp³-hybridized carbons (Fsp3) is 0.966. The average molecular weight is 1130 g/mol. The van der Waals surface area contributed by atoms with Crippen LogP contribution in [0, 0.1) is 92.7 Å². The van der Waals surface area contributed by atoms with Crippen molar-refractivity contribution in [3.05, 3.63) is 0 Å². The Hall–Kier alpha value is -0.784. The second kappa shape index (κ2) is 22.0. The van der Waals surface area contributed by atoms with E-state index in [2.05, 4.69) is 69.2 Å². The van der Waals surface area contributed by atoms with Crippen molar-refractivity contribution < 1.29 is 61.6 Å². The summed E-state index contributed by atoms with van der Waals surface area (Å²) in [5.74, 6) is 7.38. The Bertz CT molecular complexity index is 1590. The van der Waals surface area contributed by atoms with E-state index in [0.717, 1.165) is 74.0 Å². The summed E-state index contributed by atoms with van der Waals surface area (Å²) in [6.07, 6.45) is 21.5. The summed E-state index contributed by atoms with van der Waals surface area (Å²) >= 11 is 0.611. The van der Waals surface area contributed by atoms with E-state index in [1.54, 1.807) is 0 Å². The van der Waals surface area contributed by atoms with Crippen LogP contribution in [0.4, 0.5) is 0 Å². The van der Waals surface area contributed by atoms with Gasteiger partial charge in [-0.05, 0) is 172 Å². The first-order valence-electron chi connectivity index (χ1n) is 28.1. The molecule has 0 aromatic carbocycles. The molecule has 9 nitrogen and oxygen atoms in total. The molecule has 8 aliphatic rings. The number of ether oxygens (including phenoxy) is 2. The normalized spacial score (nSPS) is 46.7. The molecule has 394 valence electrons. The fourth-order valence-electron chi connectivity index (χ4n) is 19.2. The molecule has 10 heteroatoms. The molecule has 0 aromatic heterocycles. The molecule has 0 amide bonds. The Balaban J connectivity index is 0.000000216. The molecule has 0 bridgehead atoms. The number of carbonyl (C=O) groups is 2. The van der Waals surface area contributed by atoms with Crippen molar-refractivity contribution in [1.82, 2.24) is 0 Å². The molecular formula is C58H100O9Os. The Kier molecular flexibility index (Phi) is 18.3. The Morgan fingerprint density at radius 2 is 0.882 bits per heavy atom. The van der Waals surface area contributed by atoms with E-state index in [0.29, 0.717) is 90.6 Å². The Morgan fingerprint density at radius 3 is 1.21 bits per heavy atom. The summed E-state index contributed by atoms with van der Waals surface area (Å²) in [5, 5.41) is 46.5. The fourth-order valence-corrected chi connectivity index (χ4v) is 19.2. The third-order valence-electron chi connectivity index (χ3n) is 22.7. The van der Waals surface area contributed by atoms with E-state index in [1.165, 1.54) is 90.9 Å². The molecule has 0 aliphatic heterocycles. The summed E-state index contributed by atoms with van der Waals surface area (Å²) < 4.78 is 19.3. The van der Waals surface area contributed by atoms with Gasteiger partial charge < -0.3 is 29.9 Å². The van der Waals surface area contributed by atoms with Gasteiger partial charge >= 0.3 is 34.0 Å². The van der Waals surface area contributed by atoms with Gasteiger partial charge in [0.15, 0.2) is 0 Å². The quantitative estimate of drug-likeness (QED) is 0.140. The number of carbonyl (C=O) groups excluding carboxylic acids is 2. The van der Waals surface area contributed by atoms with E-state index >= 15 is 0 Å². The molecular weight excluding hydrogens is 1030 g/mol. The van der Waals surface area contributed by atoms with E-state index in [4.69, 9.17) is 13.0 Å². The molecule has 8 fully saturated rings. The maximum absolute atomic E-state index is 11.9. The zero-order chi connectivity index (χ0) is 50.4. The summed E-state index contributed by atoms with van der Waals surface area (Å²) in [6.45, 7) is 26.8. The number of aliphatic hydroxyl groups is 4. The van der Waals surface area contributed by atoms with E-state index in [9.17, 15) is 30.0 Å². The Morgan fingerprint density at radius 1 is 0.529 bits per heavy atom. The first-order valence-corrected chi connectivity index (χ1v) is 29.2. The van der Waals surface area contributed by atoms with E-state index in [1.807, 2.05) is 0 Å². The van der Waals surface area contributed by atoms with Crippen LogP contribution < -0.4 is 0 Å². The molecule has 0 spiro atoms. The number of esters is 2. The second-order valence-corrected chi connectivity index (χ2v) is 26.9. The molecule has 8 rings (SSSR count). The number of hydrogen-bond donors (Lipinski definition) is 4. The topological polar surface area (TPSA) is 151 Å². The molecule has 4 N–H and O–H groups in total. The average Bonchev–Trinajstić information content (AvgIpc) is 3.80. The van der Waals surface area contributed by atoms with Crippen LogP contribution >= 0.6 is 0 Å². The molecule has 68 heavy (non-hydrogen) atoms. The summed E-state index contributed by atoms with van der Waals surface area (Å²) in [5.41, 5.74) is -2.15. The second-order valence-electron chi connectivity index (χ2n) is 26.9. The third-order valence-corrected chi connectivity index (χ3v) is 22.7. The molecule has 8 saturated carbocycles. The van der Waals surface area contributed by atoms with Gasteiger partial charge in [-0.25, -0.2) is 0 Å². The van der Waals surface area contributed by atoms with Crippen LogP contribution in [0.3, 0.4) is 0 Å². The number of fused-ring (bicyclic) bond motifs is 10. The van der Waals surface area contributed by atoms with Crippen molar-refractivity contribution in [2.24, 2.45) is 92.7 Å². The number of rotatable bonds is 12. The number of hydrogen-bond acceptors (Lipinski definition) is 9. The number of aliphatic hydroxyl groups excluding tert-OH is 2. The third kappa shape index (κ3) is 10.3. The first kappa shape index (κ1) is 56.5. The molecule has 0 heterocycles. The van der Waals surface area contributed by atoms with Crippen molar-refractivity contribution in [3.63, 3.8) is 0 Å². The molecule has 0 radical (unpaired) electrons. The van der Waals surface area contributed by atoms with Crippen molar-refractivity contribution in [3.8, 4) is 0 Å². The zero-order valence-electron chi connectivity index (χ0n) is 45.0. The van der Waals surface area contributed by atoms with Gasteiger partial charge in [-0.15, -0.1) is 0 Å². The Labute approximate surface area is 424 Å². The van der Waals surface area contributed by atoms with Crippen LogP contribution in [0.25, 0.3) is 0 Å². The van der Waals surface area contributed by atoms with Gasteiger partial charge in [0, 0.05) is 37.5 Å². The van der Waals surface area contributed by atoms with Gasteiger partial charge in [-0.3, -0.25) is 9.59 Å². The SMILES string of the molecule is CC(=O)O[C@H]1CC[C@]2(C)[C@H]3CC[C@]4(C)[C@@H]([C@H](C)CCCC(C)C)CC[C@H]4C3C[C@H](O)[C@@]2(O)C1.CC(=O)O[C@H]1CC[C@]2(C)[C@H]3CC[C@]4(C)[C@@H]([C@H](C)CCCC(C)C)CC[C@H]4C3C[C@H](O)[C@@]2(O)C1.[O]=[Os]. The molecule has 0 aromatic rings. The molecule has 0 saturated heterocycles. The van der Waals surface area contributed by atoms with Gasteiger partial charge in [0.1, 0.15) is 12.2 Å². The first-order chi connectivity index (χ1) is 31.8. The van der Waals surface area contributed by atoms with Gasteiger partial charge in [-0.2, -0.15) is 0 Å². The monoisotopic (exact) mass is 1130 g/mol. The van der Waals surface area contributed by atoms with Gasteiger partial charge in [0.2, 0.25) is 0 Å². The van der Waals surface area contributed by atoms with Crippen LogP contribution in [-0.2, 0) is 41.2 Å². The minimum absolute atomic E-state index is 0.275. The van der Waals surface area contributed by atoms with Crippen molar-refractivity contribution in [2.75, 3.05) is 0 Å². The summed E-state index contributed by atoms with van der Waals surface area (Å²) in [4.78, 5) is 23.1. The van der Waals surface area contributed by atoms with Crippen LogP contribution in [-0.4, -0.2) is 68.0 Å². The minimum atomic E-state index is -1.15. The molecule has 20 atom stereocenters. The van der Waals surface area contributed by atoms with E-state index in [-0.39, 0.29) is 35.0 Å². The standard InChI is InChI=1S/2C29H50O4.O.Os/c2*1-18(2)8-7-9-19(3)23-10-11-24-22-16-26(31)29(32)17-21(33-20(4)30)12-15-28(29,6)25(22)13-14-27(23,24)5;;/h2*18-19,21-26,31-32H,7-17H2,1-6H3;;/t2*19-,21+,22?,23-,24+,25+,26+,27-,28-,29+;;/m11../s1. The van der Waals surface area contributed by atoms with Crippen molar-refractivity contribution in [1.29, 1.82) is 0 Å². The predicted octanol–water partition coefficient (Wildman–Crippen LogP) is 12.1. The predicted molar refractivity (Wildman–Crippen MR) is 264 cm³/mol. The summed E-state index contributed by atoms with van der Waals surface area (Å²) in [6, 6.07) is 0. The van der Waals surface area contributed by atoms with Crippen LogP contribution in [0.15, 0.2) is 0 Å². The van der Waals surface area contributed by atoms with Crippen molar-refractivity contribution in [2.45, 2.75) is 260 Å². The van der Waals surface area contributed by atoms with Crippen molar-refractivity contribution >= 4 is 11.9 Å². The molecule has 2 unspecified atom stereocenters. The van der Waals surface area contributed by atoms with Crippen LogP contribution in [0.2, 0.25) is 0 Å². The molecule has 8 aliphatic carbocycles. The maximum atomic E-state index is 11.9. The summed E-state index contributed by atoms with van der Waals surface area (Å²) in [7, 11) is 0. The van der Waals surface area contributed by atoms with E-state index < -0.39 is 23.4 Å². The zero-order valence-corrected chi connectivity index (χ0v) is 47.5. The van der Waals surface area contributed by atoms with Crippen LogP contribution in [0.1, 0.15) is 224 Å². The van der Waals surface area contributed by atoms with Crippen LogP contribution in [0.5, 0.6) is 0 Å². The van der Waals surface area contributed by atoms with Gasteiger partial charge in [-0.1, -0.05) is 108 Å².